The lowest BCUT2D eigenvalue weighted by atomic mass is 10.00. The van der Waals surface area contributed by atoms with Gasteiger partial charge in [-0.3, -0.25) is 0 Å². The molecule has 0 bridgehead atoms. The molecule has 0 aliphatic heterocycles. The van der Waals surface area contributed by atoms with Crippen LogP contribution in [0.1, 0.15) is 18.4 Å². The smallest absolute Gasteiger partial charge is 0.118 e. The quantitative estimate of drug-likeness (QED) is 0.721. The number of rotatable bonds is 3. The minimum atomic E-state index is -0.0223. The Hall–Kier alpha value is -1.44. The standard InChI is InChI=1S/C11H14O2/c1-8(9(2)12)10-4-6-11(13-3)7-5-10/h4-8,12H,2H2,1,3H3. The zero-order chi connectivity index (χ0) is 9.84. The molecule has 0 saturated carbocycles. The third-order valence-electron chi connectivity index (χ3n) is 2.12. The molecule has 1 aromatic rings. The van der Waals surface area contributed by atoms with Gasteiger partial charge in [-0.25, -0.2) is 0 Å². The second-order valence-electron chi connectivity index (χ2n) is 2.99. The summed E-state index contributed by atoms with van der Waals surface area (Å²) in [6.45, 7) is 5.41. The van der Waals surface area contributed by atoms with E-state index in [2.05, 4.69) is 6.58 Å². The summed E-state index contributed by atoms with van der Waals surface area (Å²) in [6, 6.07) is 7.58. The molecule has 2 heteroatoms. The second-order valence-corrected chi connectivity index (χ2v) is 2.99. The van der Waals surface area contributed by atoms with Crippen LogP contribution in [-0.2, 0) is 0 Å². The molecule has 0 aromatic heterocycles. The van der Waals surface area contributed by atoms with Gasteiger partial charge in [0.15, 0.2) is 0 Å². The van der Waals surface area contributed by atoms with Crippen molar-refractivity contribution in [2.75, 3.05) is 7.11 Å². The fourth-order valence-corrected chi connectivity index (χ4v) is 1.08. The number of methoxy groups -OCH3 is 1. The fraction of sp³-hybridized carbons (Fsp3) is 0.273. The number of hydrogen-bond donors (Lipinski definition) is 1. The van der Waals surface area contributed by atoms with Crippen LogP contribution in [0.3, 0.4) is 0 Å². The Labute approximate surface area is 78.5 Å². The first kappa shape index (κ1) is 9.65. The number of benzene rings is 1. The van der Waals surface area contributed by atoms with Gasteiger partial charge in [-0.05, 0) is 17.7 Å². The predicted octanol–water partition coefficient (Wildman–Crippen LogP) is 2.87. The zero-order valence-electron chi connectivity index (χ0n) is 7.95. The van der Waals surface area contributed by atoms with Gasteiger partial charge >= 0.3 is 0 Å². The maximum absolute atomic E-state index is 9.18. The summed E-state index contributed by atoms with van der Waals surface area (Å²) in [5, 5.41) is 9.18. The van der Waals surface area contributed by atoms with Crippen LogP contribution < -0.4 is 4.74 Å². The van der Waals surface area contributed by atoms with Crippen LogP contribution in [0.4, 0.5) is 0 Å². The van der Waals surface area contributed by atoms with Crippen molar-refractivity contribution in [1.29, 1.82) is 0 Å². The summed E-state index contributed by atoms with van der Waals surface area (Å²) in [7, 11) is 1.63. The number of ether oxygens (including phenoxy) is 1. The van der Waals surface area contributed by atoms with Gasteiger partial charge in [0, 0.05) is 5.92 Å². The number of aliphatic hydroxyl groups excluding tert-OH is 1. The molecule has 1 aromatic carbocycles. The Morgan fingerprint density at radius 2 is 1.92 bits per heavy atom. The Morgan fingerprint density at radius 3 is 2.31 bits per heavy atom. The van der Waals surface area contributed by atoms with Gasteiger partial charge in [-0.15, -0.1) is 0 Å². The predicted molar refractivity (Wildman–Crippen MR) is 53.2 cm³/mol. The largest absolute Gasteiger partial charge is 0.512 e. The van der Waals surface area contributed by atoms with E-state index < -0.39 is 0 Å². The average molecular weight is 178 g/mol. The summed E-state index contributed by atoms with van der Waals surface area (Å²) >= 11 is 0. The van der Waals surface area contributed by atoms with E-state index in [-0.39, 0.29) is 11.7 Å². The highest BCUT2D eigenvalue weighted by molar-refractivity contribution is 5.31. The molecule has 0 aliphatic rings. The summed E-state index contributed by atoms with van der Waals surface area (Å²) in [5.41, 5.74) is 1.04. The summed E-state index contributed by atoms with van der Waals surface area (Å²) in [4.78, 5) is 0. The lowest BCUT2D eigenvalue weighted by Gasteiger charge is -2.10. The first-order valence-corrected chi connectivity index (χ1v) is 4.17. The van der Waals surface area contributed by atoms with E-state index in [1.165, 1.54) is 0 Å². The first-order chi connectivity index (χ1) is 6.15. The molecule has 0 fully saturated rings. The van der Waals surface area contributed by atoms with E-state index in [1.54, 1.807) is 7.11 Å². The monoisotopic (exact) mass is 178 g/mol. The topological polar surface area (TPSA) is 29.5 Å². The van der Waals surface area contributed by atoms with Crippen molar-refractivity contribution >= 4 is 0 Å². The van der Waals surface area contributed by atoms with E-state index in [9.17, 15) is 5.11 Å². The van der Waals surface area contributed by atoms with Crippen molar-refractivity contribution < 1.29 is 9.84 Å². The molecule has 0 spiro atoms. The van der Waals surface area contributed by atoms with Crippen LogP contribution >= 0.6 is 0 Å². The first-order valence-electron chi connectivity index (χ1n) is 4.17. The molecule has 0 amide bonds. The van der Waals surface area contributed by atoms with E-state index in [1.807, 2.05) is 31.2 Å². The van der Waals surface area contributed by atoms with Gasteiger partial charge in [-0.1, -0.05) is 25.6 Å². The molecule has 70 valence electrons. The lowest BCUT2D eigenvalue weighted by Crippen LogP contribution is -1.95. The molecule has 1 N–H and O–H groups in total. The molecule has 13 heavy (non-hydrogen) atoms. The summed E-state index contributed by atoms with van der Waals surface area (Å²) in [5.74, 6) is 0.982. The lowest BCUT2D eigenvalue weighted by molar-refractivity contribution is 0.377. The molecular weight excluding hydrogens is 164 g/mol. The van der Waals surface area contributed by atoms with Gasteiger partial charge in [0.25, 0.3) is 0 Å². The molecule has 0 radical (unpaired) electrons. The Bertz CT molecular complexity index is 287. The number of allylic oxidation sites excluding steroid dienone is 1. The average Bonchev–Trinajstić information content (AvgIpc) is 2.17. The van der Waals surface area contributed by atoms with Crippen LogP contribution in [0, 0.1) is 0 Å². The minimum Gasteiger partial charge on any atom is -0.512 e. The fourth-order valence-electron chi connectivity index (χ4n) is 1.08. The van der Waals surface area contributed by atoms with Gasteiger partial charge in [0.05, 0.1) is 12.9 Å². The summed E-state index contributed by atoms with van der Waals surface area (Å²) in [6.07, 6.45) is 0. The van der Waals surface area contributed by atoms with Crippen molar-refractivity contribution in [3.8, 4) is 5.75 Å². The Morgan fingerprint density at radius 1 is 1.38 bits per heavy atom. The van der Waals surface area contributed by atoms with E-state index in [4.69, 9.17) is 4.74 Å². The van der Waals surface area contributed by atoms with Crippen molar-refractivity contribution in [3.63, 3.8) is 0 Å². The highest BCUT2D eigenvalue weighted by Crippen LogP contribution is 2.22. The Balaban J connectivity index is 2.85. The number of hydrogen-bond acceptors (Lipinski definition) is 2. The van der Waals surface area contributed by atoms with E-state index >= 15 is 0 Å². The van der Waals surface area contributed by atoms with Crippen LogP contribution in [0.5, 0.6) is 5.75 Å². The van der Waals surface area contributed by atoms with Crippen LogP contribution in [0.2, 0.25) is 0 Å². The highest BCUT2D eigenvalue weighted by Gasteiger charge is 2.07. The third kappa shape index (κ3) is 2.25. The molecule has 0 aliphatic carbocycles. The van der Waals surface area contributed by atoms with Gasteiger partial charge < -0.3 is 9.84 Å². The maximum atomic E-state index is 9.18. The Kier molecular flexibility index (Phi) is 2.96. The van der Waals surface area contributed by atoms with Crippen molar-refractivity contribution in [2.45, 2.75) is 12.8 Å². The van der Waals surface area contributed by atoms with Crippen molar-refractivity contribution in [2.24, 2.45) is 0 Å². The van der Waals surface area contributed by atoms with Crippen LogP contribution in [0.15, 0.2) is 36.6 Å². The molecule has 0 heterocycles. The molecule has 0 saturated heterocycles. The van der Waals surface area contributed by atoms with Crippen LogP contribution in [-0.4, -0.2) is 12.2 Å². The van der Waals surface area contributed by atoms with Gasteiger partial charge in [0.2, 0.25) is 0 Å². The van der Waals surface area contributed by atoms with Gasteiger partial charge in [0.1, 0.15) is 5.75 Å². The van der Waals surface area contributed by atoms with Gasteiger partial charge in [-0.2, -0.15) is 0 Å². The number of aliphatic hydroxyl groups is 1. The van der Waals surface area contributed by atoms with E-state index in [0.29, 0.717) is 0 Å². The highest BCUT2D eigenvalue weighted by atomic mass is 16.5. The molecule has 1 atom stereocenters. The SMILES string of the molecule is C=C(O)C(C)c1ccc(OC)cc1. The maximum Gasteiger partial charge on any atom is 0.118 e. The second kappa shape index (κ2) is 3.99. The third-order valence-corrected chi connectivity index (χ3v) is 2.12. The molecular formula is C11H14O2. The molecule has 1 rings (SSSR count). The van der Waals surface area contributed by atoms with Crippen molar-refractivity contribution in [1.82, 2.24) is 0 Å². The van der Waals surface area contributed by atoms with Crippen LogP contribution in [0.25, 0.3) is 0 Å². The van der Waals surface area contributed by atoms with Crippen molar-refractivity contribution in [3.05, 3.63) is 42.2 Å². The molecule has 2 nitrogen and oxygen atoms in total. The normalized spacial score (nSPS) is 12.2. The molecule has 1 unspecified atom stereocenters. The van der Waals surface area contributed by atoms with E-state index in [0.717, 1.165) is 11.3 Å². The zero-order valence-corrected chi connectivity index (χ0v) is 7.95. The minimum absolute atomic E-state index is 0.0223. The summed E-state index contributed by atoms with van der Waals surface area (Å²) < 4.78 is 5.02.